The summed E-state index contributed by atoms with van der Waals surface area (Å²) in [4.78, 5) is 29.7. The third kappa shape index (κ3) is 6.53. The number of carbonyl (C=O) groups is 2. The summed E-state index contributed by atoms with van der Waals surface area (Å²) in [5, 5.41) is 2.93. The second-order valence-corrected chi connectivity index (χ2v) is 9.21. The van der Waals surface area contributed by atoms with Crippen molar-refractivity contribution >= 4 is 27.7 Å². The van der Waals surface area contributed by atoms with Crippen LogP contribution in [0.1, 0.15) is 38.3 Å². The topological polar surface area (TPSA) is 52.7 Å². The molecule has 5 nitrogen and oxygen atoms in total. The Hall–Kier alpha value is -2.96. The summed E-state index contributed by atoms with van der Waals surface area (Å²) in [6.07, 6.45) is 0.971. The summed E-state index contributed by atoms with van der Waals surface area (Å²) in [5.41, 5.74) is 3.56. The molecule has 1 aliphatic heterocycles. The normalized spacial score (nSPS) is 14.5. The summed E-state index contributed by atoms with van der Waals surface area (Å²) in [6, 6.07) is 25.3. The molecule has 0 saturated carbocycles. The van der Waals surface area contributed by atoms with E-state index in [9.17, 15) is 9.59 Å². The average Bonchev–Trinajstić information content (AvgIpc) is 3.08. The predicted molar refractivity (Wildman–Crippen MR) is 134 cm³/mol. The highest BCUT2D eigenvalue weighted by molar-refractivity contribution is 9.10. The van der Waals surface area contributed by atoms with E-state index in [4.69, 9.17) is 0 Å². The highest BCUT2D eigenvalue weighted by Gasteiger charge is 2.20. The molecule has 1 N–H and O–H groups in total. The lowest BCUT2D eigenvalue weighted by atomic mass is 10.1. The van der Waals surface area contributed by atoms with Crippen LogP contribution in [0.3, 0.4) is 0 Å². The zero-order chi connectivity index (χ0) is 23.0. The maximum Gasteiger partial charge on any atom is 0.253 e. The predicted octanol–water partition coefficient (Wildman–Crippen LogP) is 4.73. The first-order valence-electron chi connectivity index (χ1n) is 11.3. The molecule has 0 aromatic heterocycles. The number of hydrogen-bond acceptors (Lipinski definition) is 3. The lowest BCUT2D eigenvalue weighted by Gasteiger charge is -2.22. The van der Waals surface area contributed by atoms with E-state index in [1.54, 1.807) is 12.1 Å². The Kier molecular flexibility index (Phi) is 7.92. The molecule has 1 saturated heterocycles. The van der Waals surface area contributed by atoms with Crippen LogP contribution in [0.15, 0.2) is 83.3 Å². The van der Waals surface area contributed by atoms with Gasteiger partial charge in [-0.15, -0.1) is 0 Å². The van der Waals surface area contributed by atoms with Crippen LogP contribution in [0.2, 0.25) is 0 Å². The molecule has 3 aromatic carbocycles. The number of amides is 2. The lowest BCUT2D eigenvalue weighted by Crippen LogP contribution is -2.35. The summed E-state index contributed by atoms with van der Waals surface area (Å²) in [6.45, 7) is 4.71. The van der Waals surface area contributed by atoms with Crippen LogP contribution in [0, 0.1) is 0 Å². The van der Waals surface area contributed by atoms with Gasteiger partial charge < -0.3 is 10.2 Å². The van der Waals surface area contributed by atoms with E-state index in [0.717, 1.165) is 49.2 Å². The van der Waals surface area contributed by atoms with Crippen molar-refractivity contribution in [2.24, 2.45) is 0 Å². The van der Waals surface area contributed by atoms with Gasteiger partial charge in [0.15, 0.2) is 0 Å². The Labute approximate surface area is 203 Å². The van der Waals surface area contributed by atoms with Crippen molar-refractivity contribution in [3.05, 3.63) is 106 Å². The summed E-state index contributed by atoms with van der Waals surface area (Å²) in [5.74, 6) is -0.0534. The largest absolute Gasteiger partial charge is 0.348 e. The maximum absolute atomic E-state index is 13.0. The second-order valence-electron chi connectivity index (χ2n) is 8.30. The first-order valence-corrected chi connectivity index (χ1v) is 12.1. The Morgan fingerprint density at radius 3 is 2.33 bits per heavy atom. The Morgan fingerprint density at radius 1 is 0.788 bits per heavy atom. The number of carbonyl (C=O) groups excluding carboxylic acids is 2. The van der Waals surface area contributed by atoms with Gasteiger partial charge in [-0.1, -0.05) is 64.5 Å². The quantitative estimate of drug-likeness (QED) is 0.526. The van der Waals surface area contributed by atoms with Crippen molar-refractivity contribution < 1.29 is 9.59 Å². The first-order chi connectivity index (χ1) is 16.1. The molecule has 6 heteroatoms. The number of rotatable bonds is 6. The molecule has 33 heavy (non-hydrogen) atoms. The van der Waals surface area contributed by atoms with Crippen molar-refractivity contribution in [1.29, 1.82) is 0 Å². The van der Waals surface area contributed by atoms with Crippen LogP contribution >= 0.6 is 15.9 Å². The minimum absolute atomic E-state index is 0.0706. The molecule has 1 fully saturated rings. The van der Waals surface area contributed by atoms with E-state index in [0.29, 0.717) is 17.7 Å². The van der Waals surface area contributed by atoms with Gasteiger partial charge in [-0.25, -0.2) is 0 Å². The number of benzene rings is 3. The zero-order valence-electron chi connectivity index (χ0n) is 18.5. The fourth-order valence-corrected chi connectivity index (χ4v) is 4.43. The Morgan fingerprint density at radius 2 is 1.58 bits per heavy atom. The van der Waals surface area contributed by atoms with Gasteiger partial charge in [-0.2, -0.15) is 0 Å². The van der Waals surface area contributed by atoms with E-state index in [2.05, 4.69) is 50.4 Å². The van der Waals surface area contributed by atoms with E-state index in [1.165, 1.54) is 5.56 Å². The summed E-state index contributed by atoms with van der Waals surface area (Å²) >= 11 is 3.38. The SMILES string of the molecule is O=C(NCc1ccc(C(=O)N2CCCN(Cc3ccccc3)CC2)cc1)c1cccc(Br)c1. The van der Waals surface area contributed by atoms with Crippen molar-refractivity contribution in [1.82, 2.24) is 15.1 Å². The maximum atomic E-state index is 13.0. The van der Waals surface area contributed by atoms with Crippen molar-refractivity contribution in [2.75, 3.05) is 26.2 Å². The monoisotopic (exact) mass is 505 g/mol. The molecule has 1 heterocycles. The molecule has 0 bridgehead atoms. The number of nitrogens with zero attached hydrogens (tertiary/aromatic N) is 2. The highest BCUT2D eigenvalue weighted by Crippen LogP contribution is 2.14. The first kappa shape index (κ1) is 23.2. The van der Waals surface area contributed by atoms with Gasteiger partial charge in [0.05, 0.1) is 0 Å². The van der Waals surface area contributed by atoms with Gasteiger partial charge in [0.25, 0.3) is 11.8 Å². The van der Waals surface area contributed by atoms with Crippen LogP contribution in [-0.4, -0.2) is 47.8 Å². The fourth-order valence-electron chi connectivity index (χ4n) is 4.04. The van der Waals surface area contributed by atoms with Gasteiger partial charge in [0.2, 0.25) is 0 Å². The highest BCUT2D eigenvalue weighted by atomic mass is 79.9. The van der Waals surface area contributed by atoms with Crippen LogP contribution in [0.25, 0.3) is 0 Å². The average molecular weight is 506 g/mol. The molecule has 2 amide bonds. The molecule has 0 aliphatic carbocycles. The third-order valence-electron chi connectivity index (χ3n) is 5.87. The van der Waals surface area contributed by atoms with Crippen LogP contribution in [-0.2, 0) is 13.1 Å². The summed E-state index contributed by atoms with van der Waals surface area (Å²) in [7, 11) is 0. The van der Waals surface area contributed by atoms with Gasteiger partial charge >= 0.3 is 0 Å². The van der Waals surface area contributed by atoms with E-state index < -0.39 is 0 Å². The minimum atomic E-state index is -0.124. The number of hydrogen-bond donors (Lipinski definition) is 1. The standard InChI is InChI=1S/C27H28BrN3O2/c28-25-9-4-8-24(18-25)26(32)29-19-21-10-12-23(13-11-21)27(33)31-15-5-14-30(16-17-31)20-22-6-2-1-3-7-22/h1-4,6-13,18H,5,14-17,19-20H2,(H,29,32). The molecular weight excluding hydrogens is 478 g/mol. The van der Waals surface area contributed by atoms with Crippen LogP contribution < -0.4 is 5.32 Å². The Balaban J connectivity index is 1.29. The molecule has 0 spiro atoms. The van der Waals surface area contributed by atoms with E-state index in [1.807, 2.05) is 47.4 Å². The zero-order valence-corrected chi connectivity index (χ0v) is 20.1. The van der Waals surface area contributed by atoms with Gasteiger partial charge in [-0.05, 0) is 47.9 Å². The van der Waals surface area contributed by atoms with Crippen molar-refractivity contribution in [3.8, 4) is 0 Å². The van der Waals surface area contributed by atoms with Crippen LogP contribution in [0.5, 0.6) is 0 Å². The van der Waals surface area contributed by atoms with Gasteiger partial charge in [-0.3, -0.25) is 14.5 Å². The van der Waals surface area contributed by atoms with Gasteiger partial charge in [0.1, 0.15) is 0 Å². The second kappa shape index (κ2) is 11.3. The minimum Gasteiger partial charge on any atom is -0.348 e. The Bertz CT molecular complexity index is 1090. The molecule has 0 radical (unpaired) electrons. The molecule has 4 rings (SSSR count). The van der Waals surface area contributed by atoms with E-state index in [-0.39, 0.29) is 11.8 Å². The lowest BCUT2D eigenvalue weighted by molar-refractivity contribution is 0.0760. The smallest absolute Gasteiger partial charge is 0.253 e. The van der Waals surface area contributed by atoms with E-state index >= 15 is 0 Å². The summed E-state index contributed by atoms with van der Waals surface area (Å²) < 4.78 is 0.870. The fraction of sp³-hybridized carbons (Fsp3) is 0.259. The van der Waals surface area contributed by atoms with Crippen molar-refractivity contribution in [2.45, 2.75) is 19.5 Å². The molecule has 0 unspecified atom stereocenters. The molecule has 0 atom stereocenters. The van der Waals surface area contributed by atoms with Crippen LogP contribution in [0.4, 0.5) is 0 Å². The molecule has 1 aliphatic rings. The van der Waals surface area contributed by atoms with Crippen molar-refractivity contribution in [3.63, 3.8) is 0 Å². The number of halogens is 1. The molecule has 3 aromatic rings. The third-order valence-corrected chi connectivity index (χ3v) is 6.36. The molecular formula is C27H28BrN3O2. The number of nitrogens with one attached hydrogen (secondary N) is 1. The molecule has 170 valence electrons. The van der Waals surface area contributed by atoms with Gasteiger partial charge in [0, 0.05) is 54.9 Å².